The van der Waals surface area contributed by atoms with Crippen LogP contribution in [0.1, 0.15) is 23.2 Å². The lowest BCUT2D eigenvalue weighted by molar-refractivity contribution is -0.130. The molecule has 0 radical (unpaired) electrons. The number of aliphatic hydroxyl groups excluding tert-OH is 1. The molecule has 0 aliphatic carbocycles. The lowest BCUT2D eigenvalue weighted by atomic mass is 10.3. The topological polar surface area (TPSA) is 69.6 Å². The fraction of sp³-hybridized carbons (Fsp3) is 0.500. The van der Waals surface area contributed by atoms with E-state index in [1.807, 2.05) is 5.38 Å². The highest BCUT2D eigenvalue weighted by molar-refractivity contribution is 7.08. The Bertz CT molecular complexity index is 419. The van der Waals surface area contributed by atoms with Gasteiger partial charge in [-0.25, -0.2) is 0 Å². The van der Waals surface area contributed by atoms with Crippen LogP contribution in [0, 0.1) is 0 Å². The van der Waals surface area contributed by atoms with E-state index in [0.29, 0.717) is 31.6 Å². The maximum absolute atomic E-state index is 11.7. The first kappa shape index (κ1) is 13.0. The van der Waals surface area contributed by atoms with Crippen molar-refractivity contribution in [2.75, 3.05) is 19.6 Å². The number of likely N-dealkylation sites (tertiary alicyclic amines) is 1. The van der Waals surface area contributed by atoms with Gasteiger partial charge in [-0.2, -0.15) is 11.3 Å². The maximum Gasteiger partial charge on any atom is 0.252 e. The van der Waals surface area contributed by atoms with Crippen molar-refractivity contribution in [1.82, 2.24) is 10.2 Å². The van der Waals surface area contributed by atoms with Crippen LogP contribution in [0.4, 0.5) is 0 Å². The van der Waals surface area contributed by atoms with Crippen LogP contribution in [-0.2, 0) is 4.79 Å². The van der Waals surface area contributed by atoms with Crippen molar-refractivity contribution in [3.8, 4) is 0 Å². The summed E-state index contributed by atoms with van der Waals surface area (Å²) in [7, 11) is 0. The second kappa shape index (κ2) is 5.97. The van der Waals surface area contributed by atoms with Crippen molar-refractivity contribution in [1.29, 1.82) is 0 Å². The molecule has 1 saturated heterocycles. The Morgan fingerprint density at radius 3 is 3.00 bits per heavy atom. The molecular formula is C12H16N2O3S. The number of rotatable bonds is 4. The number of amides is 2. The molecule has 2 amide bonds. The quantitative estimate of drug-likeness (QED) is 0.833. The molecule has 0 saturated carbocycles. The van der Waals surface area contributed by atoms with Crippen molar-refractivity contribution in [3.05, 3.63) is 22.4 Å². The van der Waals surface area contributed by atoms with E-state index in [1.54, 1.807) is 16.3 Å². The SMILES string of the molecule is O=C(NCCC(=O)N1CC[C@@H](O)C1)c1ccsc1. The second-order valence-electron chi connectivity index (χ2n) is 4.30. The molecule has 1 aliphatic heterocycles. The molecule has 5 nitrogen and oxygen atoms in total. The molecule has 0 spiro atoms. The van der Waals surface area contributed by atoms with Crippen LogP contribution in [0.3, 0.4) is 0 Å². The van der Waals surface area contributed by atoms with Gasteiger partial charge in [-0.3, -0.25) is 9.59 Å². The summed E-state index contributed by atoms with van der Waals surface area (Å²) >= 11 is 1.46. The summed E-state index contributed by atoms with van der Waals surface area (Å²) in [6.45, 7) is 1.36. The van der Waals surface area contributed by atoms with Gasteiger partial charge in [-0.15, -0.1) is 0 Å². The summed E-state index contributed by atoms with van der Waals surface area (Å²) in [5.41, 5.74) is 0.629. The van der Waals surface area contributed by atoms with Crippen LogP contribution in [-0.4, -0.2) is 47.6 Å². The van der Waals surface area contributed by atoms with Crippen molar-refractivity contribution in [2.24, 2.45) is 0 Å². The normalized spacial score (nSPS) is 18.9. The number of carbonyl (C=O) groups is 2. The third kappa shape index (κ3) is 3.30. The van der Waals surface area contributed by atoms with Crippen LogP contribution in [0.25, 0.3) is 0 Å². The molecule has 98 valence electrons. The zero-order valence-corrected chi connectivity index (χ0v) is 10.8. The molecule has 0 unspecified atom stereocenters. The monoisotopic (exact) mass is 268 g/mol. The maximum atomic E-state index is 11.7. The summed E-state index contributed by atoms with van der Waals surface area (Å²) < 4.78 is 0. The minimum atomic E-state index is -0.394. The summed E-state index contributed by atoms with van der Waals surface area (Å²) in [6.07, 6.45) is 0.532. The lowest BCUT2D eigenvalue weighted by Crippen LogP contribution is -2.33. The number of carbonyl (C=O) groups excluding carboxylic acids is 2. The van der Waals surface area contributed by atoms with Gasteiger partial charge in [0.1, 0.15) is 0 Å². The predicted octanol–water partition coefficient (Wildman–Crippen LogP) is 0.461. The second-order valence-corrected chi connectivity index (χ2v) is 5.08. The summed E-state index contributed by atoms with van der Waals surface area (Å²) in [6, 6.07) is 1.75. The van der Waals surface area contributed by atoms with Gasteiger partial charge in [0.2, 0.25) is 5.91 Å². The highest BCUT2D eigenvalue weighted by atomic mass is 32.1. The minimum Gasteiger partial charge on any atom is -0.391 e. The van der Waals surface area contributed by atoms with E-state index in [4.69, 9.17) is 0 Å². The van der Waals surface area contributed by atoms with E-state index >= 15 is 0 Å². The molecule has 2 rings (SSSR count). The predicted molar refractivity (Wildman–Crippen MR) is 68.5 cm³/mol. The van der Waals surface area contributed by atoms with Crippen LogP contribution in [0.15, 0.2) is 16.8 Å². The average Bonchev–Trinajstić information content (AvgIpc) is 2.99. The number of hydrogen-bond donors (Lipinski definition) is 2. The van der Waals surface area contributed by atoms with Crippen LogP contribution >= 0.6 is 11.3 Å². The number of nitrogens with zero attached hydrogens (tertiary/aromatic N) is 1. The molecule has 0 aromatic carbocycles. The summed E-state index contributed by atoms with van der Waals surface area (Å²) in [5.74, 6) is -0.164. The van der Waals surface area contributed by atoms with E-state index in [2.05, 4.69) is 5.32 Å². The number of β-amino-alcohol motifs (C(OH)–C–C–N with tert-alkyl or cyclic N) is 1. The Balaban J connectivity index is 1.69. The van der Waals surface area contributed by atoms with Gasteiger partial charge in [0, 0.05) is 37.0 Å². The fourth-order valence-corrected chi connectivity index (χ4v) is 2.54. The molecule has 2 heterocycles. The standard InChI is InChI=1S/C12H16N2O3S/c15-10-2-5-14(7-10)11(16)1-4-13-12(17)9-3-6-18-8-9/h3,6,8,10,15H,1-2,4-5,7H2,(H,13,17)/t10-/m1/s1. The molecular weight excluding hydrogens is 252 g/mol. The van der Waals surface area contributed by atoms with Gasteiger partial charge in [0.25, 0.3) is 5.91 Å². The average molecular weight is 268 g/mol. The molecule has 1 aromatic heterocycles. The van der Waals surface area contributed by atoms with E-state index in [1.165, 1.54) is 11.3 Å². The van der Waals surface area contributed by atoms with E-state index < -0.39 is 6.10 Å². The third-order valence-corrected chi connectivity index (χ3v) is 3.61. The molecule has 1 fully saturated rings. The lowest BCUT2D eigenvalue weighted by Gasteiger charge is -2.15. The van der Waals surface area contributed by atoms with Gasteiger partial charge < -0.3 is 15.3 Å². The number of nitrogens with one attached hydrogen (secondary N) is 1. The zero-order chi connectivity index (χ0) is 13.0. The van der Waals surface area contributed by atoms with Gasteiger partial charge in [0.15, 0.2) is 0 Å². The first-order chi connectivity index (χ1) is 8.66. The molecule has 18 heavy (non-hydrogen) atoms. The Hall–Kier alpha value is -1.40. The number of hydrogen-bond acceptors (Lipinski definition) is 4. The highest BCUT2D eigenvalue weighted by Crippen LogP contribution is 2.10. The van der Waals surface area contributed by atoms with Gasteiger partial charge >= 0.3 is 0 Å². The molecule has 2 N–H and O–H groups in total. The van der Waals surface area contributed by atoms with Crippen LogP contribution in [0.5, 0.6) is 0 Å². The first-order valence-corrected chi connectivity index (χ1v) is 6.87. The van der Waals surface area contributed by atoms with Crippen molar-refractivity contribution >= 4 is 23.2 Å². The highest BCUT2D eigenvalue weighted by Gasteiger charge is 2.23. The minimum absolute atomic E-state index is 0.0165. The smallest absolute Gasteiger partial charge is 0.252 e. The largest absolute Gasteiger partial charge is 0.391 e. The van der Waals surface area contributed by atoms with Gasteiger partial charge in [0.05, 0.1) is 6.10 Å². The fourth-order valence-electron chi connectivity index (χ4n) is 1.91. The zero-order valence-electron chi connectivity index (χ0n) is 9.96. The van der Waals surface area contributed by atoms with Crippen LogP contribution < -0.4 is 5.32 Å². The number of aliphatic hydroxyl groups is 1. The molecule has 1 aliphatic rings. The number of thiophene rings is 1. The van der Waals surface area contributed by atoms with Crippen molar-refractivity contribution in [2.45, 2.75) is 18.9 Å². The van der Waals surface area contributed by atoms with E-state index in [-0.39, 0.29) is 18.2 Å². The Morgan fingerprint density at radius 1 is 1.56 bits per heavy atom. The van der Waals surface area contributed by atoms with E-state index in [0.717, 1.165) is 0 Å². The van der Waals surface area contributed by atoms with Gasteiger partial charge in [-0.1, -0.05) is 0 Å². The third-order valence-electron chi connectivity index (χ3n) is 2.92. The molecule has 1 atom stereocenters. The molecule has 6 heteroatoms. The van der Waals surface area contributed by atoms with Crippen LogP contribution in [0.2, 0.25) is 0 Å². The Labute approximate surface area is 109 Å². The molecule has 0 bridgehead atoms. The van der Waals surface area contributed by atoms with E-state index in [9.17, 15) is 14.7 Å². The summed E-state index contributed by atoms with van der Waals surface area (Å²) in [4.78, 5) is 25.0. The van der Waals surface area contributed by atoms with Crippen molar-refractivity contribution in [3.63, 3.8) is 0 Å². The molecule has 1 aromatic rings. The Kier molecular flexibility index (Phi) is 4.33. The first-order valence-electron chi connectivity index (χ1n) is 5.93. The Morgan fingerprint density at radius 2 is 2.39 bits per heavy atom. The van der Waals surface area contributed by atoms with Crippen molar-refractivity contribution < 1.29 is 14.7 Å². The summed E-state index contributed by atoms with van der Waals surface area (Å²) in [5, 5.41) is 15.6. The van der Waals surface area contributed by atoms with Gasteiger partial charge in [-0.05, 0) is 17.9 Å².